The van der Waals surface area contributed by atoms with Gasteiger partial charge in [-0.15, -0.1) is 0 Å². The van der Waals surface area contributed by atoms with Crippen molar-refractivity contribution in [3.05, 3.63) is 29.1 Å². The molecule has 1 fully saturated rings. The van der Waals surface area contributed by atoms with Gasteiger partial charge in [-0.2, -0.15) is 0 Å². The zero-order valence-corrected chi connectivity index (χ0v) is 11.6. The third kappa shape index (κ3) is 3.17. The van der Waals surface area contributed by atoms with Crippen molar-refractivity contribution in [3.8, 4) is 5.75 Å². The van der Waals surface area contributed by atoms with Crippen LogP contribution in [0.3, 0.4) is 0 Å². The normalized spacial score (nSPS) is 22.8. The fourth-order valence-corrected chi connectivity index (χ4v) is 2.59. The molecule has 8 heteroatoms. The van der Waals surface area contributed by atoms with Gasteiger partial charge in [0.05, 0.1) is 19.2 Å². The highest BCUT2D eigenvalue weighted by Gasteiger charge is 2.42. The van der Waals surface area contributed by atoms with Crippen LogP contribution in [-0.2, 0) is 22.7 Å². The molecule has 2 aliphatic heterocycles. The van der Waals surface area contributed by atoms with E-state index in [1.165, 1.54) is 12.1 Å². The molecule has 1 saturated heterocycles. The van der Waals surface area contributed by atoms with Gasteiger partial charge >= 0.3 is 0 Å². The summed E-state index contributed by atoms with van der Waals surface area (Å²) in [5, 5.41) is 5.00. The largest absolute Gasteiger partial charge is 0.467 e. The van der Waals surface area contributed by atoms with E-state index in [0.717, 1.165) is 0 Å². The molecule has 2 N–H and O–H groups in total. The van der Waals surface area contributed by atoms with Crippen LogP contribution >= 0.6 is 0 Å². The van der Waals surface area contributed by atoms with Crippen LogP contribution in [0.4, 0.5) is 13.2 Å². The van der Waals surface area contributed by atoms with E-state index in [1.54, 1.807) is 0 Å². The Hall–Kier alpha value is -1.80. The third-order valence-electron chi connectivity index (χ3n) is 3.63. The lowest BCUT2D eigenvalue weighted by atomic mass is 10.1. The van der Waals surface area contributed by atoms with Crippen molar-refractivity contribution < 1.29 is 27.4 Å². The van der Waals surface area contributed by atoms with E-state index < -0.39 is 36.7 Å². The molecular weight excluding hydrogens is 301 g/mol. The Kier molecular flexibility index (Phi) is 3.96. The lowest BCUT2D eigenvalue weighted by Crippen LogP contribution is -2.40. The number of nitrogens with one attached hydrogen (secondary N) is 2. The van der Waals surface area contributed by atoms with Crippen molar-refractivity contribution >= 4 is 5.91 Å². The highest BCUT2D eigenvalue weighted by molar-refractivity contribution is 5.82. The summed E-state index contributed by atoms with van der Waals surface area (Å²) in [7, 11) is 0. The molecule has 3 rings (SSSR count). The van der Waals surface area contributed by atoms with E-state index in [-0.39, 0.29) is 19.9 Å². The summed E-state index contributed by atoms with van der Waals surface area (Å²) < 4.78 is 50.1. The summed E-state index contributed by atoms with van der Waals surface area (Å²) in [6, 6.07) is 1.61. The molecule has 0 saturated carbocycles. The fraction of sp³-hybridized carbons (Fsp3) is 0.500. The van der Waals surface area contributed by atoms with Crippen molar-refractivity contribution in [2.24, 2.45) is 0 Å². The Bertz CT molecular complexity index is 595. The molecule has 2 aliphatic rings. The van der Waals surface area contributed by atoms with E-state index in [9.17, 15) is 18.0 Å². The van der Waals surface area contributed by atoms with Gasteiger partial charge in [0.2, 0.25) is 5.91 Å². The average molecular weight is 316 g/mol. The molecule has 22 heavy (non-hydrogen) atoms. The van der Waals surface area contributed by atoms with E-state index in [0.29, 0.717) is 16.9 Å². The summed E-state index contributed by atoms with van der Waals surface area (Å²) in [6.45, 7) is -0.232. The molecule has 0 spiro atoms. The first kappa shape index (κ1) is 15.1. The highest BCUT2D eigenvalue weighted by atomic mass is 19.3. The smallest absolute Gasteiger partial charge is 0.262 e. The van der Waals surface area contributed by atoms with E-state index in [4.69, 9.17) is 9.47 Å². The zero-order chi connectivity index (χ0) is 15.7. The molecule has 0 radical (unpaired) electrons. The second-order valence-electron chi connectivity index (χ2n) is 5.38. The molecular formula is C14H15F3N2O3. The quantitative estimate of drug-likeness (QED) is 0.883. The number of ether oxygens (including phenoxy) is 2. The first-order valence-corrected chi connectivity index (χ1v) is 6.85. The minimum atomic E-state index is -2.87. The maximum absolute atomic E-state index is 13.5. The van der Waals surface area contributed by atoms with Gasteiger partial charge in [0, 0.05) is 24.1 Å². The molecule has 1 unspecified atom stereocenters. The number of halogens is 3. The molecule has 120 valence electrons. The molecule has 1 atom stereocenters. The van der Waals surface area contributed by atoms with Gasteiger partial charge in [-0.1, -0.05) is 0 Å². The Morgan fingerprint density at radius 1 is 1.45 bits per heavy atom. The zero-order valence-electron chi connectivity index (χ0n) is 11.6. The lowest BCUT2D eigenvalue weighted by molar-refractivity contribution is -0.123. The third-order valence-corrected chi connectivity index (χ3v) is 3.63. The molecule has 5 nitrogen and oxygen atoms in total. The Morgan fingerprint density at radius 2 is 2.27 bits per heavy atom. The van der Waals surface area contributed by atoms with Crippen LogP contribution in [0.2, 0.25) is 0 Å². The Morgan fingerprint density at radius 3 is 3.00 bits per heavy atom. The SMILES string of the molecule is O=C(NCc1cc(F)cc2c1OCOC2)C1CC(F)(F)CN1. The second kappa shape index (κ2) is 5.77. The van der Waals surface area contributed by atoms with Crippen molar-refractivity contribution in [1.29, 1.82) is 0 Å². The molecule has 2 heterocycles. The van der Waals surface area contributed by atoms with Crippen LogP contribution < -0.4 is 15.4 Å². The monoisotopic (exact) mass is 316 g/mol. The highest BCUT2D eigenvalue weighted by Crippen LogP contribution is 2.29. The number of alkyl halides is 2. The molecule has 1 amide bonds. The lowest BCUT2D eigenvalue weighted by Gasteiger charge is -2.21. The van der Waals surface area contributed by atoms with Crippen LogP contribution in [0.15, 0.2) is 12.1 Å². The predicted molar refractivity (Wildman–Crippen MR) is 69.9 cm³/mol. The van der Waals surface area contributed by atoms with Crippen LogP contribution in [0.1, 0.15) is 17.5 Å². The van der Waals surface area contributed by atoms with Crippen LogP contribution in [0.25, 0.3) is 0 Å². The van der Waals surface area contributed by atoms with Gasteiger partial charge in [-0.25, -0.2) is 13.2 Å². The first-order chi connectivity index (χ1) is 10.4. The number of fused-ring (bicyclic) bond motifs is 1. The summed E-state index contributed by atoms with van der Waals surface area (Å²) in [4.78, 5) is 11.9. The van der Waals surface area contributed by atoms with Gasteiger partial charge in [0.25, 0.3) is 5.92 Å². The molecule has 1 aromatic carbocycles. The minimum absolute atomic E-state index is 0.00266. The van der Waals surface area contributed by atoms with E-state index >= 15 is 0 Å². The number of benzene rings is 1. The van der Waals surface area contributed by atoms with Gasteiger partial charge in [0.15, 0.2) is 6.79 Å². The maximum Gasteiger partial charge on any atom is 0.262 e. The number of carbonyl (C=O) groups excluding carboxylic acids is 1. The molecule has 1 aromatic rings. The Labute approximate surface area is 124 Å². The van der Waals surface area contributed by atoms with Crippen molar-refractivity contribution in [2.75, 3.05) is 13.3 Å². The van der Waals surface area contributed by atoms with E-state index in [2.05, 4.69) is 10.6 Å². The topological polar surface area (TPSA) is 59.6 Å². The fourth-order valence-electron chi connectivity index (χ4n) is 2.59. The molecule has 0 aliphatic carbocycles. The Balaban J connectivity index is 1.67. The summed E-state index contributed by atoms with van der Waals surface area (Å²) >= 11 is 0. The number of carbonyl (C=O) groups is 1. The van der Waals surface area contributed by atoms with Crippen LogP contribution in [-0.4, -0.2) is 31.2 Å². The van der Waals surface area contributed by atoms with Gasteiger partial charge < -0.3 is 14.8 Å². The van der Waals surface area contributed by atoms with Crippen molar-refractivity contribution in [3.63, 3.8) is 0 Å². The second-order valence-corrected chi connectivity index (χ2v) is 5.38. The number of hydrogen-bond donors (Lipinski definition) is 2. The predicted octanol–water partition coefficient (Wildman–Crippen LogP) is 1.31. The van der Waals surface area contributed by atoms with Crippen LogP contribution in [0, 0.1) is 5.82 Å². The van der Waals surface area contributed by atoms with E-state index in [1.807, 2.05) is 0 Å². The standard InChI is InChI=1S/C14H15F3N2O3/c15-10-1-8(12-9(2-10)5-21-7-22-12)4-18-13(20)11-3-14(16,17)6-19-11/h1-2,11,19H,3-7H2,(H,18,20). The van der Waals surface area contributed by atoms with Crippen molar-refractivity contribution in [1.82, 2.24) is 10.6 Å². The first-order valence-electron chi connectivity index (χ1n) is 6.85. The van der Waals surface area contributed by atoms with Crippen molar-refractivity contribution in [2.45, 2.75) is 31.5 Å². The number of hydrogen-bond acceptors (Lipinski definition) is 4. The van der Waals surface area contributed by atoms with Gasteiger partial charge in [0.1, 0.15) is 11.6 Å². The summed E-state index contributed by atoms with van der Waals surface area (Å²) in [5.41, 5.74) is 1.01. The average Bonchev–Trinajstić information content (AvgIpc) is 2.84. The van der Waals surface area contributed by atoms with Crippen LogP contribution in [0.5, 0.6) is 5.75 Å². The maximum atomic E-state index is 13.5. The molecule has 0 bridgehead atoms. The minimum Gasteiger partial charge on any atom is -0.467 e. The summed E-state index contributed by atoms with van der Waals surface area (Å²) in [5.74, 6) is -3.41. The number of amides is 1. The molecule has 0 aromatic heterocycles. The van der Waals surface area contributed by atoms with Gasteiger partial charge in [-0.05, 0) is 12.1 Å². The van der Waals surface area contributed by atoms with Gasteiger partial charge in [-0.3, -0.25) is 10.1 Å². The number of rotatable bonds is 3. The summed E-state index contributed by atoms with van der Waals surface area (Å²) in [6.07, 6.45) is -0.537.